The van der Waals surface area contributed by atoms with Gasteiger partial charge in [0.2, 0.25) is 0 Å². The molecule has 0 aliphatic rings. The highest BCUT2D eigenvalue weighted by Crippen LogP contribution is 2.10. The van der Waals surface area contributed by atoms with Crippen LogP contribution in [-0.4, -0.2) is 19.0 Å². The molecule has 1 aromatic rings. The lowest BCUT2D eigenvalue weighted by Gasteiger charge is -2.19. The van der Waals surface area contributed by atoms with Gasteiger partial charge in [-0.3, -0.25) is 4.99 Å². The van der Waals surface area contributed by atoms with Gasteiger partial charge < -0.3 is 10.6 Å². The number of halogens is 1. The molecule has 2 N–H and O–H groups in total. The van der Waals surface area contributed by atoms with Crippen molar-refractivity contribution in [3.8, 4) is 6.07 Å². The van der Waals surface area contributed by atoms with E-state index in [0.717, 1.165) is 12.8 Å². The lowest BCUT2D eigenvalue weighted by atomic mass is 10.0. The molecule has 120 valence electrons. The van der Waals surface area contributed by atoms with Crippen molar-refractivity contribution in [1.82, 2.24) is 10.6 Å². The topological polar surface area (TPSA) is 60.2 Å². The number of guanidine groups is 1. The summed E-state index contributed by atoms with van der Waals surface area (Å²) in [5.41, 5.74) is 0.836. The van der Waals surface area contributed by atoms with Crippen molar-refractivity contribution in [2.24, 2.45) is 10.9 Å². The largest absolute Gasteiger partial charge is 0.354 e. The third kappa shape index (κ3) is 6.13. The van der Waals surface area contributed by atoms with E-state index < -0.39 is 0 Å². The summed E-state index contributed by atoms with van der Waals surface area (Å²) in [5, 5.41) is 15.1. The first-order valence-electron chi connectivity index (χ1n) is 7.62. The summed E-state index contributed by atoms with van der Waals surface area (Å²) in [7, 11) is 1.69. The van der Waals surface area contributed by atoms with Crippen molar-refractivity contribution in [3.05, 3.63) is 35.1 Å². The van der Waals surface area contributed by atoms with Crippen LogP contribution in [0.1, 0.15) is 44.7 Å². The van der Waals surface area contributed by atoms with E-state index in [1.54, 1.807) is 19.2 Å². The molecule has 0 spiro atoms. The number of aliphatic imine (C=N–C) groups is 1. The van der Waals surface area contributed by atoms with E-state index >= 15 is 0 Å². The first kappa shape index (κ1) is 18.0. The fraction of sp³-hybridized carbons (Fsp3) is 0.529. The van der Waals surface area contributed by atoms with Gasteiger partial charge in [0.1, 0.15) is 5.82 Å². The molecule has 22 heavy (non-hydrogen) atoms. The van der Waals surface area contributed by atoms with Crippen LogP contribution in [0.3, 0.4) is 0 Å². The van der Waals surface area contributed by atoms with Gasteiger partial charge in [-0.2, -0.15) is 5.26 Å². The van der Waals surface area contributed by atoms with Crippen LogP contribution >= 0.6 is 0 Å². The number of hydrogen-bond acceptors (Lipinski definition) is 2. The Hall–Kier alpha value is -2.09. The van der Waals surface area contributed by atoms with E-state index in [9.17, 15) is 4.39 Å². The predicted molar refractivity (Wildman–Crippen MR) is 88.0 cm³/mol. The normalized spacial score (nSPS) is 12.9. The van der Waals surface area contributed by atoms with E-state index in [4.69, 9.17) is 5.26 Å². The average molecular weight is 304 g/mol. The minimum Gasteiger partial charge on any atom is -0.354 e. The van der Waals surface area contributed by atoms with Crippen molar-refractivity contribution in [2.45, 2.75) is 46.2 Å². The summed E-state index contributed by atoms with van der Waals surface area (Å²) >= 11 is 0. The Balaban J connectivity index is 2.52. The van der Waals surface area contributed by atoms with Gasteiger partial charge >= 0.3 is 0 Å². The summed E-state index contributed by atoms with van der Waals surface area (Å²) in [4.78, 5) is 4.15. The number of benzene rings is 1. The van der Waals surface area contributed by atoms with Crippen LogP contribution < -0.4 is 10.6 Å². The van der Waals surface area contributed by atoms with Crippen LogP contribution in [-0.2, 0) is 6.54 Å². The van der Waals surface area contributed by atoms with Crippen LogP contribution in [0, 0.1) is 23.1 Å². The molecule has 0 heterocycles. The van der Waals surface area contributed by atoms with Gasteiger partial charge in [0.15, 0.2) is 5.96 Å². The second-order valence-electron chi connectivity index (χ2n) is 5.86. The fourth-order valence-electron chi connectivity index (χ4n) is 2.02. The Morgan fingerprint density at radius 2 is 2.05 bits per heavy atom. The summed E-state index contributed by atoms with van der Waals surface area (Å²) in [6.45, 7) is 6.84. The standard InChI is InChI=1S/C17H25FN4/c1-12(2)5-6-13(3)22-17(20-4)21-11-15-8-7-14(10-19)9-16(15)18/h7-9,12-13H,5-6,11H2,1-4H3,(H2,20,21,22). The Morgan fingerprint density at radius 1 is 1.32 bits per heavy atom. The highest BCUT2D eigenvalue weighted by Gasteiger charge is 2.08. The summed E-state index contributed by atoms with van der Waals surface area (Å²) < 4.78 is 13.8. The molecule has 4 nitrogen and oxygen atoms in total. The molecular weight excluding hydrogens is 279 g/mol. The van der Waals surface area contributed by atoms with Crippen molar-refractivity contribution >= 4 is 5.96 Å². The third-order valence-corrected chi connectivity index (χ3v) is 3.41. The quantitative estimate of drug-likeness (QED) is 0.627. The molecule has 5 heteroatoms. The average Bonchev–Trinajstić information content (AvgIpc) is 2.50. The van der Waals surface area contributed by atoms with Gasteiger partial charge in [0.05, 0.1) is 11.6 Å². The molecule has 0 saturated heterocycles. The molecule has 1 unspecified atom stereocenters. The van der Waals surface area contributed by atoms with Gasteiger partial charge in [0, 0.05) is 25.2 Å². The van der Waals surface area contributed by atoms with Crippen molar-refractivity contribution in [2.75, 3.05) is 7.05 Å². The maximum Gasteiger partial charge on any atom is 0.191 e. The molecule has 0 aromatic heterocycles. The third-order valence-electron chi connectivity index (χ3n) is 3.41. The van der Waals surface area contributed by atoms with Crippen LogP contribution in [0.2, 0.25) is 0 Å². The number of nitrogens with zero attached hydrogens (tertiary/aromatic N) is 2. The zero-order valence-electron chi connectivity index (χ0n) is 13.8. The van der Waals surface area contributed by atoms with Crippen molar-refractivity contribution in [1.29, 1.82) is 5.26 Å². The minimum atomic E-state index is -0.380. The lowest BCUT2D eigenvalue weighted by molar-refractivity contribution is 0.488. The van der Waals surface area contributed by atoms with E-state index in [0.29, 0.717) is 35.6 Å². The Bertz CT molecular complexity index is 546. The van der Waals surface area contributed by atoms with Crippen molar-refractivity contribution < 1.29 is 4.39 Å². The maximum atomic E-state index is 13.8. The van der Waals surface area contributed by atoms with Crippen LogP contribution in [0.4, 0.5) is 4.39 Å². The molecule has 0 radical (unpaired) electrons. The summed E-state index contributed by atoms with van der Waals surface area (Å²) in [6.07, 6.45) is 2.21. The molecule has 1 aromatic carbocycles. The zero-order chi connectivity index (χ0) is 16.5. The molecule has 0 aliphatic carbocycles. The second-order valence-corrected chi connectivity index (χ2v) is 5.86. The van der Waals surface area contributed by atoms with Crippen LogP contribution in [0.15, 0.2) is 23.2 Å². The summed E-state index contributed by atoms with van der Waals surface area (Å²) in [6, 6.07) is 6.71. The monoisotopic (exact) mass is 304 g/mol. The minimum absolute atomic E-state index is 0.305. The van der Waals surface area contributed by atoms with Crippen LogP contribution in [0.25, 0.3) is 0 Å². The second kappa shape index (κ2) is 9.04. The van der Waals surface area contributed by atoms with E-state index in [-0.39, 0.29) is 5.82 Å². The number of hydrogen-bond donors (Lipinski definition) is 2. The fourth-order valence-corrected chi connectivity index (χ4v) is 2.02. The molecule has 0 aliphatic heterocycles. The first-order chi connectivity index (χ1) is 10.5. The highest BCUT2D eigenvalue weighted by molar-refractivity contribution is 5.79. The molecule has 1 rings (SSSR count). The van der Waals surface area contributed by atoms with Crippen molar-refractivity contribution in [3.63, 3.8) is 0 Å². The molecular formula is C17H25FN4. The number of nitrogens with one attached hydrogen (secondary N) is 2. The number of nitriles is 1. The molecule has 0 fully saturated rings. The Morgan fingerprint density at radius 3 is 2.59 bits per heavy atom. The van der Waals surface area contributed by atoms with Gasteiger partial charge in [-0.25, -0.2) is 4.39 Å². The summed E-state index contributed by atoms with van der Waals surface area (Å²) in [5.74, 6) is 0.946. The van der Waals surface area contributed by atoms with Crippen LogP contribution in [0.5, 0.6) is 0 Å². The SMILES string of the molecule is CN=C(NCc1ccc(C#N)cc1F)NC(C)CCC(C)C. The zero-order valence-corrected chi connectivity index (χ0v) is 13.8. The maximum absolute atomic E-state index is 13.8. The molecule has 1 atom stereocenters. The number of rotatable bonds is 6. The van der Waals surface area contributed by atoms with Gasteiger partial charge in [-0.1, -0.05) is 19.9 Å². The highest BCUT2D eigenvalue weighted by atomic mass is 19.1. The predicted octanol–water partition coefficient (Wildman–Crippen LogP) is 3.19. The molecule has 0 amide bonds. The van der Waals surface area contributed by atoms with Gasteiger partial charge in [-0.05, 0) is 37.8 Å². The van der Waals surface area contributed by atoms with Gasteiger partial charge in [0.25, 0.3) is 0 Å². The molecule has 0 bridgehead atoms. The van der Waals surface area contributed by atoms with E-state index in [1.807, 2.05) is 6.07 Å². The Kier molecular flexibility index (Phi) is 7.38. The first-order valence-corrected chi connectivity index (χ1v) is 7.62. The smallest absolute Gasteiger partial charge is 0.191 e. The lowest BCUT2D eigenvalue weighted by Crippen LogP contribution is -2.42. The van der Waals surface area contributed by atoms with E-state index in [1.165, 1.54) is 6.07 Å². The van der Waals surface area contributed by atoms with Gasteiger partial charge in [-0.15, -0.1) is 0 Å². The molecule has 0 saturated carbocycles. The van der Waals surface area contributed by atoms with E-state index in [2.05, 4.69) is 36.4 Å². The Labute approximate surface area is 132 Å².